The van der Waals surface area contributed by atoms with Gasteiger partial charge in [-0.15, -0.1) is 0 Å². The summed E-state index contributed by atoms with van der Waals surface area (Å²) < 4.78 is 0. The van der Waals surface area contributed by atoms with Gasteiger partial charge in [0.25, 0.3) is 0 Å². The fourth-order valence-electron chi connectivity index (χ4n) is 0.905. The number of rotatable bonds is 6. The number of aliphatic hydroxyl groups excluding tert-OH is 4. The maximum atomic E-state index is 10.0. The van der Waals surface area contributed by atoms with Gasteiger partial charge in [-0.1, -0.05) is 26.7 Å². The normalized spacial score (nSPS) is 9.76. The first-order valence-corrected chi connectivity index (χ1v) is 8.06. The fraction of sp³-hybridized carbons (Fsp3) is 0.667. The van der Waals surface area contributed by atoms with Crippen LogP contribution in [-0.4, -0.2) is 45.2 Å². The average molecular weight is 396 g/mol. The van der Waals surface area contributed by atoms with Gasteiger partial charge in [-0.2, -0.15) is 0 Å². The molecule has 0 heterocycles. The van der Waals surface area contributed by atoms with Crippen LogP contribution in [0.3, 0.4) is 0 Å². The van der Waals surface area contributed by atoms with Gasteiger partial charge in [0.1, 0.15) is 0 Å². The summed E-state index contributed by atoms with van der Waals surface area (Å²) in [6.45, 7) is 10.5. The zero-order valence-corrected chi connectivity index (χ0v) is 18.1. The van der Waals surface area contributed by atoms with Gasteiger partial charge in [0.15, 0.2) is 11.6 Å². The SMILES string of the molecule is CC(=O)/C=C(/C)O.CC(=O)/C=C(/C)O.CCCCO.CCCCO.[Ti]. The molecule has 0 atom stereocenters. The molecule has 0 aliphatic heterocycles. The molecular weight excluding hydrogens is 360 g/mol. The van der Waals surface area contributed by atoms with Crippen molar-refractivity contribution in [3.05, 3.63) is 23.7 Å². The first-order chi connectivity index (χ1) is 11.1. The minimum atomic E-state index is -0.125. The molecule has 0 fully saturated rings. The van der Waals surface area contributed by atoms with Crippen molar-refractivity contribution in [2.75, 3.05) is 13.2 Å². The van der Waals surface area contributed by atoms with E-state index >= 15 is 0 Å². The molecule has 4 N–H and O–H groups in total. The van der Waals surface area contributed by atoms with Crippen LogP contribution in [0, 0.1) is 0 Å². The van der Waals surface area contributed by atoms with Crippen LogP contribution >= 0.6 is 0 Å². The van der Waals surface area contributed by atoms with Crippen LogP contribution in [0.15, 0.2) is 23.7 Å². The third-order valence-corrected chi connectivity index (χ3v) is 1.85. The molecule has 0 aromatic heterocycles. The van der Waals surface area contributed by atoms with Crippen molar-refractivity contribution < 1.29 is 51.7 Å². The van der Waals surface area contributed by atoms with Gasteiger partial charge in [-0.05, 0) is 40.5 Å². The monoisotopic (exact) mass is 396 g/mol. The summed E-state index contributed by atoms with van der Waals surface area (Å²) in [5, 5.41) is 32.9. The van der Waals surface area contributed by atoms with Crippen molar-refractivity contribution in [2.24, 2.45) is 0 Å². The Labute approximate surface area is 167 Å². The standard InChI is InChI=1S/2C5H8O2.2C4H10O.Ti/c2*1-4(6)3-5(2)7;2*1-2-3-4-5;/h2*3,6H,1-2H3;2*5H,2-4H2,1H3;/b2*4-3-;;;. The Hall–Kier alpha value is -0.946. The van der Waals surface area contributed by atoms with Crippen molar-refractivity contribution in [3.63, 3.8) is 0 Å². The Morgan fingerprint density at radius 1 is 0.720 bits per heavy atom. The van der Waals surface area contributed by atoms with Gasteiger partial charge >= 0.3 is 0 Å². The molecule has 148 valence electrons. The largest absolute Gasteiger partial charge is 0.512 e. The van der Waals surface area contributed by atoms with Gasteiger partial charge < -0.3 is 20.4 Å². The van der Waals surface area contributed by atoms with E-state index in [0.717, 1.165) is 25.7 Å². The summed E-state index contributed by atoms with van der Waals surface area (Å²) in [5.74, 6) is -0.125. The summed E-state index contributed by atoms with van der Waals surface area (Å²) in [6.07, 6.45) is 6.41. The molecular formula is C18H36O6Ti. The molecule has 6 nitrogen and oxygen atoms in total. The number of carbonyl (C=O) groups is 2. The molecule has 0 saturated heterocycles. The summed E-state index contributed by atoms with van der Waals surface area (Å²) >= 11 is 0. The first kappa shape index (κ1) is 35.2. The van der Waals surface area contributed by atoms with E-state index in [-0.39, 0.29) is 44.8 Å². The molecule has 0 aromatic rings. The molecule has 0 bridgehead atoms. The van der Waals surface area contributed by atoms with E-state index in [1.807, 2.05) is 0 Å². The molecule has 0 amide bonds. The maximum absolute atomic E-state index is 10.0. The van der Waals surface area contributed by atoms with Crippen molar-refractivity contribution in [3.8, 4) is 0 Å². The number of hydrogen-bond donors (Lipinski definition) is 4. The summed E-state index contributed by atoms with van der Waals surface area (Å²) in [6, 6.07) is 0. The molecule has 0 spiro atoms. The molecule has 7 heteroatoms. The smallest absolute Gasteiger partial charge is 0.155 e. The summed E-state index contributed by atoms with van der Waals surface area (Å²) in [5.41, 5.74) is 0. The Morgan fingerprint density at radius 3 is 0.960 bits per heavy atom. The van der Waals surface area contributed by atoms with Crippen LogP contribution in [0.2, 0.25) is 0 Å². The second-order valence-electron chi connectivity index (χ2n) is 4.95. The molecule has 0 aromatic carbocycles. The van der Waals surface area contributed by atoms with Gasteiger partial charge in [0, 0.05) is 47.1 Å². The van der Waals surface area contributed by atoms with Crippen LogP contribution < -0.4 is 0 Å². The van der Waals surface area contributed by atoms with Gasteiger partial charge in [-0.3, -0.25) is 9.59 Å². The number of ketones is 2. The van der Waals surface area contributed by atoms with E-state index in [9.17, 15) is 9.59 Å². The quantitative estimate of drug-likeness (QED) is 0.310. The Balaban J connectivity index is -0.0000000711. The maximum Gasteiger partial charge on any atom is 0.155 e. The number of unbranched alkanes of at least 4 members (excludes halogenated alkanes) is 2. The third-order valence-electron chi connectivity index (χ3n) is 1.85. The Morgan fingerprint density at radius 2 is 0.960 bits per heavy atom. The first-order valence-electron chi connectivity index (χ1n) is 8.06. The van der Waals surface area contributed by atoms with E-state index in [4.69, 9.17) is 20.4 Å². The second kappa shape index (κ2) is 30.9. The summed E-state index contributed by atoms with van der Waals surface area (Å²) in [7, 11) is 0. The van der Waals surface area contributed by atoms with E-state index in [1.54, 1.807) is 0 Å². The predicted molar refractivity (Wildman–Crippen MR) is 98.1 cm³/mol. The Bertz CT molecular complexity index is 305. The molecule has 0 aliphatic rings. The molecule has 0 unspecified atom stereocenters. The summed E-state index contributed by atoms with van der Waals surface area (Å²) in [4.78, 5) is 20.0. The molecule has 0 rings (SSSR count). The van der Waals surface area contributed by atoms with Crippen LogP contribution in [0.25, 0.3) is 0 Å². The molecule has 0 aliphatic carbocycles. The van der Waals surface area contributed by atoms with Gasteiger partial charge in [-0.25, -0.2) is 0 Å². The number of hydrogen-bond acceptors (Lipinski definition) is 6. The van der Waals surface area contributed by atoms with Crippen molar-refractivity contribution >= 4 is 11.6 Å². The average Bonchev–Trinajstić information content (AvgIpc) is 2.39. The second-order valence-corrected chi connectivity index (χ2v) is 4.95. The van der Waals surface area contributed by atoms with Crippen LogP contribution in [0.5, 0.6) is 0 Å². The number of allylic oxidation sites excluding steroid dienone is 4. The van der Waals surface area contributed by atoms with Crippen molar-refractivity contribution in [1.29, 1.82) is 0 Å². The zero-order chi connectivity index (χ0) is 20.0. The Kier molecular flexibility index (Phi) is 43.5. The number of aliphatic hydroxyl groups is 4. The fourth-order valence-corrected chi connectivity index (χ4v) is 0.905. The minimum absolute atomic E-state index is 0. The number of carbonyl (C=O) groups excluding carboxylic acids is 2. The topological polar surface area (TPSA) is 115 Å². The molecule has 25 heavy (non-hydrogen) atoms. The van der Waals surface area contributed by atoms with Crippen molar-refractivity contribution in [2.45, 2.75) is 67.2 Å². The zero-order valence-electron chi connectivity index (χ0n) is 16.5. The van der Waals surface area contributed by atoms with E-state index in [2.05, 4.69) is 13.8 Å². The van der Waals surface area contributed by atoms with Gasteiger partial charge in [0.2, 0.25) is 0 Å². The molecule has 0 saturated carbocycles. The van der Waals surface area contributed by atoms with E-state index in [0.29, 0.717) is 13.2 Å². The predicted octanol–water partition coefficient (Wildman–Crippen LogP) is 3.63. The van der Waals surface area contributed by atoms with Crippen LogP contribution in [0.1, 0.15) is 67.2 Å². The van der Waals surface area contributed by atoms with E-state index < -0.39 is 0 Å². The molecule has 0 radical (unpaired) electrons. The van der Waals surface area contributed by atoms with Crippen LogP contribution in [0.4, 0.5) is 0 Å². The third kappa shape index (κ3) is 83.6. The van der Waals surface area contributed by atoms with Crippen LogP contribution in [-0.2, 0) is 31.3 Å². The minimum Gasteiger partial charge on any atom is -0.512 e. The van der Waals surface area contributed by atoms with Gasteiger partial charge in [0.05, 0.1) is 11.5 Å². The van der Waals surface area contributed by atoms with E-state index in [1.165, 1.54) is 39.8 Å². The van der Waals surface area contributed by atoms with Crippen molar-refractivity contribution in [1.82, 2.24) is 0 Å².